The first-order chi connectivity index (χ1) is 18.9. The minimum Gasteiger partial charge on any atom is -0.383 e. The summed E-state index contributed by atoms with van der Waals surface area (Å²) < 4.78 is 41.5. The van der Waals surface area contributed by atoms with Crippen LogP contribution in [0, 0.1) is 22.6 Å². The number of aromatic nitrogens is 1. The van der Waals surface area contributed by atoms with Crippen LogP contribution in [-0.2, 0) is 5.44 Å². The lowest BCUT2D eigenvalue weighted by Crippen LogP contribution is -2.49. The average Bonchev–Trinajstić information content (AvgIpc) is 3.56. The summed E-state index contributed by atoms with van der Waals surface area (Å²) in [5.41, 5.74) is 5.48. The fraction of sp³-hybridized carbons (Fsp3) is 0.357. The predicted molar refractivity (Wildman–Crippen MR) is 151 cm³/mol. The van der Waals surface area contributed by atoms with Gasteiger partial charge >= 0.3 is 0 Å². The average molecular weight is 566 g/mol. The van der Waals surface area contributed by atoms with Gasteiger partial charge in [-0.15, -0.1) is 5.53 Å². The molecule has 1 saturated carbocycles. The molecule has 0 amide bonds. The van der Waals surface area contributed by atoms with Gasteiger partial charge in [0.25, 0.3) is 6.43 Å². The molecular formula is C28H28BClF3N7. The lowest BCUT2D eigenvalue weighted by Gasteiger charge is -2.34. The van der Waals surface area contributed by atoms with Crippen molar-refractivity contribution in [2.24, 2.45) is 5.41 Å². The molecule has 2 aromatic carbocycles. The summed E-state index contributed by atoms with van der Waals surface area (Å²) >= 11 is 6.66. The van der Waals surface area contributed by atoms with Gasteiger partial charge in [0.05, 0.1) is 32.9 Å². The Morgan fingerprint density at radius 1 is 1.23 bits per heavy atom. The fourth-order valence-corrected chi connectivity index (χ4v) is 4.91. The highest BCUT2D eigenvalue weighted by Gasteiger charge is 2.57. The number of rotatable bonds is 8. The number of fused-ring (bicyclic) bond motifs is 1. The highest BCUT2D eigenvalue weighted by Crippen LogP contribution is 2.47. The van der Waals surface area contributed by atoms with Crippen LogP contribution in [-0.4, -0.2) is 36.3 Å². The van der Waals surface area contributed by atoms with E-state index in [1.54, 1.807) is 12.1 Å². The molecule has 1 atom stereocenters. The van der Waals surface area contributed by atoms with Crippen molar-refractivity contribution < 1.29 is 13.2 Å². The molecule has 2 heterocycles. The van der Waals surface area contributed by atoms with Gasteiger partial charge < -0.3 is 16.1 Å². The Bertz CT molecular complexity index is 1510. The summed E-state index contributed by atoms with van der Waals surface area (Å²) in [6.07, 6.45) is 1.06. The Balaban J connectivity index is 1.60. The number of hydrogen-bond acceptors (Lipinski definition) is 7. The van der Waals surface area contributed by atoms with Crippen LogP contribution < -0.4 is 21.6 Å². The number of nitriles is 1. The van der Waals surface area contributed by atoms with Crippen molar-refractivity contribution in [3.05, 3.63) is 76.5 Å². The van der Waals surface area contributed by atoms with Crippen LogP contribution >= 0.6 is 11.6 Å². The van der Waals surface area contributed by atoms with E-state index in [1.165, 1.54) is 41.7 Å². The monoisotopic (exact) mass is 565 g/mol. The number of nitrogens with zero attached hydrogens (tertiary/aromatic N) is 3. The summed E-state index contributed by atoms with van der Waals surface area (Å²) in [4.78, 5) is 4.39. The number of hydrogen-bond donors (Lipinski definition) is 4. The van der Waals surface area contributed by atoms with E-state index in [-0.39, 0.29) is 5.41 Å². The highest BCUT2D eigenvalue weighted by molar-refractivity contribution is 6.36. The molecule has 2 radical (unpaired) electrons. The van der Waals surface area contributed by atoms with Crippen molar-refractivity contribution in [3.8, 4) is 6.07 Å². The molecule has 0 bridgehead atoms. The number of nitrogens with one attached hydrogen (secondary N) is 4. The Morgan fingerprint density at radius 2 is 1.93 bits per heavy atom. The van der Waals surface area contributed by atoms with Gasteiger partial charge in [-0.05, 0) is 48.1 Å². The molecule has 1 unspecified atom stereocenters. The van der Waals surface area contributed by atoms with E-state index in [0.29, 0.717) is 63.5 Å². The van der Waals surface area contributed by atoms with Gasteiger partial charge in [-0.3, -0.25) is 9.99 Å². The second-order valence-corrected chi connectivity index (χ2v) is 11.8. The molecule has 40 heavy (non-hydrogen) atoms. The molecule has 206 valence electrons. The van der Waals surface area contributed by atoms with Crippen molar-refractivity contribution in [3.63, 3.8) is 0 Å². The first kappa shape index (κ1) is 27.9. The topological polar surface area (TPSA) is 88.0 Å². The molecule has 1 aliphatic carbocycles. The summed E-state index contributed by atoms with van der Waals surface area (Å²) in [5.74, 6) is -0.452. The maximum atomic E-state index is 13.8. The third kappa shape index (κ3) is 5.14. The van der Waals surface area contributed by atoms with Crippen LogP contribution in [0.4, 0.5) is 24.5 Å². The van der Waals surface area contributed by atoms with Crippen molar-refractivity contribution >= 4 is 41.7 Å². The predicted octanol–water partition coefficient (Wildman–Crippen LogP) is 5.75. The lowest BCUT2D eigenvalue weighted by molar-refractivity contribution is 0.00910. The van der Waals surface area contributed by atoms with E-state index in [9.17, 15) is 18.4 Å². The lowest BCUT2D eigenvalue weighted by atomic mass is 9.69. The van der Waals surface area contributed by atoms with Gasteiger partial charge in [-0.25, -0.2) is 13.2 Å². The molecule has 1 fully saturated rings. The molecule has 0 saturated heterocycles. The minimum absolute atomic E-state index is 0.0758. The van der Waals surface area contributed by atoms with Gasteiger partial charge in [0.2, 0.25) is 0 Å². The Morgan fingerprint density at radius 3 is 2.52 bits per heavy atom. The zero-order chi connectivity index (χ0) is 28.9. The van der Waals surface area contributed by atoms with Gasteiger partial charge in [-0.1, -0.05) is 44.5 Å². The molecule has 2 aliphatic rings. The quantitative estimate of drug-likeness (QED) is 0.259. The normalized spacial score (nSPS) is 17.7. The van der Waals surface area contributed by atoms with E-state index < -0.39 is 23.2 Å². The molecular weight excluding hydrogens is 538 g/mol. The number of anilines is 2. The van der Waals surface area contributed by atoms with E-state index in [0.717, 1.165) is 0 Å². The molecule has 1 aliphatic heterocycles. The standard InChI is InChI=1S/C28H28BClF3N7/c1-26(2,3)15-36-23-16(12-34)13-35-24-20(23)10-19(11-21(24)30)37-28(29,17-4-6-18(31)7-5-17)22-14-40(39-38-22)27(8-9-27)25(32)33/h4-7,10-11,13-14,25,37-39H,8-9,15H2,1-3H3,(H,35,36). The summed E-state index contributed by atoms with van der Waals surface area (Å²) in [5, 5.41) is 18.7. The molecule has 4 N–H and O–H groups in total. The van der Waals surface area contributed by atoms with Crippen LogP contribution in [0.2, 0.25) is 5.02 Å². The first-order valence-corrected chi connectivity index (χ1v) is 13.1. The van der Waals surface area contributed by atoms with Crippen molar-refractivity contribution in [1.82, 2.24) is 21.0 Å². The smallest absolute Gasteiger partial charge is 0.262 e. The van der Waals surface area contributed by atoms with Gasteiger partial charge in [0.1, 0.15) is 25.3 Å². The number of hydrazine groups is 2. The highest BCUT2D eigenvalue weighted by atomic mass is 35.5. The summed E-state index contributed by atoms with van der Waals surface area (Å²) in [7, 11) is 6.97. The van der Waals surface area contributed by atoms with Crippen molar-refractivity contribution in [1.29, 1.82) is 5.26 Å². The Hall–Kier alpha value is -3.62. The molecule has 12 heteroatoms. The van der Waals surface area contributed by atoms with Gasteiger partial charge in [0, 0.05) is 30.0 Å². The number of benzene rings is 2. The van der Waals surface area contributed by atoms with E-state index >= 15 is 0 Å². The number of halogens is 4. The number of pyridine rings is 1. The van der Waals surface area contributed by atoms with Gasteiger partial charge in [-0.2, -0.15) is 5.26 Å². The van der Waals surface area contributed by atoms with E-state index in [4.69, 9.17) is 19.4 Å². The van der Waals surface area contributed by atoms with Crippen LogP contribution in [0.25, 0.3) is 10.9 Å². The molecule has 0 spiro atoms. The third-order valence-corrected chi connectivity index (χ3v) is 7.41. The summed E-state index contributed by atoms with van der Waals surface area (Å²) in [6.45, 7) is 6.79. The Labute approximate surface area is 237 Å². The third-order valence-electron chi connectivity index (χ3n) is 7.12. The second-order valence-electron chi connectivity index (χ2n) is 11.4. The maximum absolute atomic E-state index is 13.8. The zero-order valence-corrected chi connectivity index (χ0v) is 23.0. The minimum atomic E-state index is -2.57. The van der Waals surface area contributed by atoms with E-state index in [2.05, 4.69) is 53.4 Å². The van der Waals surface area contributed by atoms with Crippen LogP contribution in [0.5, 0.6) is 0 Å². The molecule has 3 aromatic rings. The number of alkyl halides is 2. The van der Waals surface area contributed by atoms with Crippen LogP contribution in [0.1, 0.15) is 44.7 Å². The largest absolute Gasteiger partial charge is 0.383 e. The SMILES string of the molecule is [B]C(Nc1cc(Cl)c2ncc(C#N)c(NCC(C)(C)C)c2c1)(C1=CN(C2(C(F)F)CC2)NN1)c1ccc(F)cc1. The van der Waals surface area contributed by atoms with Crippen LogP contribution in [0.15, 0.2) is 54.5 Å². The summed E-state index contributed by atoms with van der Waals surface area (Å²) in [6, 6.07) is 11.2. The molecule has 7 nitrogen and oxygen atoms in total. The molecule has 5 rings (SSSR count). The first-order valence-electron chi connectivity index (χ1n) is 12.8. The van der Waals surface area contributed by atoms with Crippen LogP contribution in [0.3, 0.4) is 0 Å². The fourth-order valence-electron chi connectivity index (χ4n) is 4.64. The molecule has 1 aromatic heterocycles. The van der Waals surface area contributed by atoms with E-state index in [1.807, 2.05) is 0 Å². The van der Waals surface area contributed by atoms with Crippen molar-refractivity contribution in [2.75, 3.05) is 17.2 Å². The Kier molecular flexibility index (Phi) is 7.05. The zero-order valence-electron chi connectivity index (χ0n) is 22.2. The maximum Gasteiger partial charge on any atom is 0.262 e. The van der Waals surface area contributed by atoms with Gasteiger partial charge in [0.15, 0.2) is 0 Å². The van der Waals surface area contributed by atoms with Crippen molar-refractivity contribution in [2.45, 2.75) is 51.0 Å². The second kappa shape index (κ2) is 10.1.